The van der Waals surface area contributed by atoms with Crippen LogP contribution in [0.5, 0.6) is 0 Å². The summed E-state index contributed by atoms with van der Waals surface area (Å²) in [4.78, 5) is 4.33. The van der Waals surface area contributed by atoms with Crippen LogP contribution in [0.2, 0.25) is 0 Å². The molecule has 0 saturated carbocycles. The Kier molecular flexibility index (Phi) is 2.68. The minimum Gasteiger partial charge on any atom is -0.423 e. The quantitative estimate of drug-likeness (QED) is 0.704. The minimum absolute atomic E-state index is 0.447. The summed E-state index contributed by atoms with van der Waals surface area (Å²) in [6, 6.07) is 13.6. The van der Waals surface area contributed by atoms with Crippen LogP contribution in [-0.4, -0.2) is 4.98 Å². The van der Waals surface area contributed by atoms with Gasteiger partial charge >= 0.3 is 0 Å². The molecule has 0 spiro atoms. The Bertz CT molecular complexity index is 708. The molecule has 1 heterocycles. The zero-order chi connectivity index (χ0) is 12.5. The van der Waals surface area contributed by atoms with Crippen molar-refractivity contribution >= 4 is 44.4 Å². The molecule has 0 aliphatic carbocycles. The number of nitrogens with one attached hydrogen (secondary N) is 1. The minimum atomic E-state index is 0.447. The summed E-state index contributed by atoms with van der Waals surface area (Å²) >= 11 is 3.46. The highest BCUT2D eigenvalue weighted by molar-refractivity contribution is 9.10. The van der Waals surface area contributed by atoms with Gasteiger partial charge in [0.15, 0.2) is 5.58 Å². The molecule has 90 valence electrons. The number of nitrogens with two attached hydrogens (primary N) is 1. The molecule has 5 heteroatoms. The number of nitrogens with zero attached hydrogens (tertiary/aromatic N) is 1. The van der Waals surface area contributed by atoms with Crippen molar-refractivity contribution in [3.05, 3.63) is 46.9 Å². The molecule has 3 aromatic rings. The van der Waals surface area contributed by atoms with Gasteiger partial charge in [-0.1, -0.05) is 12.1 Å². The van der Waals surface area contributed by atoms with E-state index in [-0.39, 0.29) is 0 Å². The molecular formula is C13H10BrN3O. The number of rotatable bonds is 2. The number of aromatic nitrogens is 1. The monoisotopic (exact) mass is 303 g/mol. The van der Waals surface area contributed by atoms with Crippen molar-refractivity contribution in [1.29, 1.82) is 0 Å². The lowest BCUT2D eigenvalue weighted by Gasteiger charge is -2.02. The van der Waals surface area contributed by atoms with Gasteiger partial charge in [0.2, 0.25) is 0 Å². The summed E-state index contributed by atoms with van der Waals surface area (Å²) in [5.41, 5.74) is 8.72. The predicted molar refractivity (Wildman–Crippen MR) is 75.8 cm³/mol. The first kappa shape index (κ1) is 11.1. The van der Waals surface area contributed by atoms with E-state index < -0.39 is 0 Å². The van der Waals surface area contributed by atoms with Crippen LogP contribution in [-0.2, 0) is 0 Å². The Hall–Kier alpha value is -2.01. The predicted octanol–water partition coefficient (Wildman–Crippen LogP) is 3.92. The van der Waals surface area contributed by atoms with Crippen LogP contribution in [0.15, 0.2) is 51.4 Å². The Morgan fingerprint density at radius 2 is 2.00 bits per heavy atom. The van der Waals surface area contributed by atoms with Gasteiger partial charge in [0.05, 0.1) is 5.69 Å². The normalized spacial score (nSPS) is 10.7. The lowest BCUT2D eigenvalue weighted by atomic mass is 10.3. The van der Waals surface area contributed by atoms with E-state index in [0.29, 0.717) is 17.3 Å². The van der Waals surface area contributed by atoms with E-state index in [4.69, 9.17) is 10.2 Å². The molecular weight excluding hydrogens is 294 g/mol. The Labute approximate surface area is 112 Å². The van der Waals surface area contributed by atoms with Crippen molar-refractivity contribution in [2.24, 2.45) is 0 Å². The standard InChI is InChI=1S/C13H10BrN3O/c14-9-3-1-2-4-10(9)16-13-17-11-7-8(15)5-6-12(11)18-13/h1-7H,15H2,(H,16,17). The average Bonchev–Trinajstić information content (AvgIpc) is 2.73. The smallest absolute Gasteiger partial charge is 0.300 e. The number of hydrogen-bond acceptors (Lipinski definition) is 4. The maximum atomic E-state index is 5.70. The number of benzene rings is 2. The number of para-hydroxylation sites is 1. The first-order chi connectivity index (χ1) is 8.72. The molecule has 3 N–H and O–H groups in total. The lowest BCUT2D eigenvalue weighted by Crippen LogP contribution is -1.90. The third-order valence-corrected chi connectivity index (χ3v) is 3.22. The van der Waals surface area contributed by atoms with Gasteiger partial charge in [-0.25, -0.2) is 0 Å². The average molecular weight is 304 g/mol. The Morgan fingerprint density at radius 3 is 2.83 bits per heavy atom. The molecule has 0 aliphatic rings. The largest absolute Gasteiger partial charge is 0.423 e. The van der Waals surface area contributed by atoms with Crippen molar-refractivity contribution in [1.82, 2.24) is 4.98 Å². The third kappa shape index (κ3) is 2.04. The van der Waals surface area contributed by atoms with Crippen molar-refractivity contribution < 1.29 is 4.42 Å². The molecule has 0 atom stereocenters. The number of oxazole rings is 1. The van der Waals surface area contributed by atoms with Crippen LogP contribution < -0.4 is 11.1 Å². The zero-order valence-electron chi connectivity index (χ0n) is 9.35. The molecule has 18 heavy (non-hydrogen) atoms. The van der Waals surface area contributed by atoms with E-state index in [2.05, 4.69) is 26.2 Å². The first-order valence-corrected chi connectivity index (χ1v) is 6.19. The SMILES string of the molecule is Nc1ccc2oc(Nc3ccccc3Br)nc2c1. The van der Waals surface area contributed by atoms with Crippen LogP contribution in [0, 0.1) is 0 Å². The van der Waals surface area contributed by atoms with Crippen LogP contribution >= 0.6 is 15.9 Å². The summed E-state index contributed by atoms with van der Waals surface area (Å²) in [6.45, 7) is 0. The second-order valence-electron chi connectivity index (χ2n) is 3.85. The highest BCUT2D eigenvalue weighted by atomic mass is 79.9. The van der Waals surface area contributed by atoms with Gasteiger partial charge in [0.1, 0.15) is 5.52 Å². The summed E-state index contributed by atoms with van der Waals surface area (Å²) in [5.74, 6) is 0. The second kappa shape index (κ2) is 4.34. The molecule has 0 bridgehead atoms. The second-order valence-corrected chi connectivity index (χ2v) is 4.71. The molecule has 0 radical (unpaired) electrons. The van der Waals surface area contributed by atoms with Gasteiger partial charge in [-0.15, -0.1) is 0 Å². The summed E-state index contributed by atoms with van der Waals surface area (Å²) in [6.07, 6.45) is 0. The fourth-order valence-electron chi connectivity index (χ4n) is 1.68. The molecule has 4 nitrogen and oxygen atoms in total. The molecule has 0 fully saturated rings. The summed E-state index contributed by atoms with van der Waals surface area (Å²) in [5, 5.41) is 3.12. The van der Waals surface area contributed by atoms with E-state index in [1.54, 1.807) is 12.1 Å². The van der Waals surface area contributed by atoms with E-state index >= 15 is 0 Å². The first-order valence-electron chi connectivity index (χ1n) is 5.40. The van der Waals surface area contributed by atoms with Gasteiger partial charge in [-0.3, -0.25) is 0 Å². The van der Waals surface area contributed by atoms with Crippen molar-refractivity contribution in [2.45, 2.75) is 0 Å². The highest BCUT2D eigenvalue weighted by Gasteiger charge is 2.07. The topological polar surface area (TPSA) is 64.1 Å². The fourth-order valence-corrected chi connectivity index (χ4v) is 2.06. The van der Waals surface area contributed by atoms with Crippen LogP contribution in [0.25, 0.3) is 11.1 Å². The molecule has 0 unspecified atom stereocenters. The van der Waals surface area contributed by atoms with Crippen molar-refractivity contribution in [3.8, 4) is 0 Å². The van der Waals surface area contributed by atoms with Crippen LogP contribution in [0.4, 0.5) is 17.4 Å². The van der Waals surface area contributed by atoms with E-state index in [0.717, 1.165) is 15.7 Å². The lowest BCUT2D eigenvalue weighted by molar-refractivity contribution is 0.623. The number of nitrogen functional groups attached to an aromatic ring is 1. The molecule has 2 aromatic carbocycles. The molecule has 0 amide bonds. The third-order valence-electron chi connectivity index (χ3n) is 2.53. The van der Waals surface area contributed by atoms with Crippen molar-refractivity contribution in [3.63, 3.8) is 0 Å². The Morgan fingerprint density at radius 1 is 1.17 bits per heavy atom. The van der Waals surface area contributed by atoms with Gasteiger partial charge in [-0.2, -0.15) is 4.98 Å². The number of anilines is 3. The molecule has 0 aliphatic heterocycles. The highest BCUT2D eigenvalue weighted by Crippen LogP contribution is 2.27. The fraction of sp³-hybridized carbons (Fsp3) is 0. The maximum absolute atomic E-state index is 5.70. The van der Waals surface area contributed by atoms with E-state index in [1.165, 1.54) is 0 Å². The Balaban J connectivity index is 1.98. The summed E-state index contributed by atoms with van der Waals surface area (Å²) in [7, 11) is 0. The van der Waals surface area contributed by atoms with Gasteiger partial charge < -0.3 is 15.5 Å². The zero-order valence-corrected chi connectivity index (χ0v) is 10.9. The number of halogens is 1. The number of fused-ring (bicyclic) bond motifs is 1. The van der Waals surface area contributed by atoms with Gasteiger partial charge in [0.25, 0.3) is 6.01 Å². The van der Waals surface area contributed by atoms with Crippen molar-refractivity contribution in [2.75, 3.05) is 11.1 Å². The van der Waals surface area contributed by atoms with Crippen LogP contribution in [0.1, 0.15) is 0 Å². The van der Waals surface area contributed by atoms with Gasteiger partial charge in [0, 0.05) is 10.2 Å². The molecule has 0 saturated heterocycles. The molecule has 3 rings (SSSR count). The summed E-state index contributed by atoms with van der Waals surface area (Å²) < 4.78 is 6.53. The number of hydrogen-bond donors (Lipinski definition) is 2. The molecule has 1 aromatic heterocycles. The maximum Gasteiger partial charge on any atom is 0.300 e. The van der Waals surface area contributed by atoms with E-state index in [9.17, 15) is 0 Å². The van der Waals surface area contributed by atoms with E-state index in [1.807, 2.05) is 30.3 Å². The van der Waals surface area contributed by atoms with Crippen LogP contribution in [0.3, 0.4) is 0 Å². The van der Waals surface area contributed by atoms with Gasteiger partial charge in [-0.05, 0) is 46.3 Å².